The quantitative estimate of drug-likeness (QED) is 0.604. The van der Waals surface area contributed by atoms with Crippen LogP contribution in [0.5, 0.6) is 0 Å². The van der Waals surface area contributed by atoms with Crippen molar-refractivity contribution in [3.8, 4) is 0 Å². The van der Waals surface area contributed by atoms with E-state index in [0.29, 0.717) is 23.8 Å². The van der Waals surface area contributed by atoms with Crippen LogP contribution >= 0.6 is 11.6 Å². The minimum Gasteiger partial charge on any atom is -0.372 e. The summed E-state index contributed by atoms with van der Waals surface area (Å²) in [7, 11) is 0. The van der Waals surface area contributed by atoms with Gasteiger partial charge in [0.05, 0.1) is 23.8 Å². The van der Waals surface area contributed by atoms with Crippen molar-refractivity contribution in [3.63, 3.8) is 0 Å². The van der Waals surface area contributed by atoms with Crippen molar-refractivity contribution >= 4 is 40.5 Å². The maximum atomic E-state index is 12.5. The molecular weight excluding hydrogens is 426 g/mol. The van der Waals surface area contributed by atoms with Crippen LogP contribution in [0, 0.1) is 0 Å². The molecule has 3 rings (SSSR count). The van der Waals surface area contributed by atoms with Crippen molar-refractivity contribution in [2.24, 2.45) is 0 Å². The zero-order valence-electron chi connectivity index (χ0n) is 18.8. The fraction of sp³-hybridized carbons (Fsp3) is 0.417. The number of rotatable bonds is 9. The van der Waals surface area contributed by atoms with Crippen molar-refractivity contribution in [1.29, 1.82) is 0 Å². The van der Waals surface area contributed by atoms with Crippen LogP contribution in [0.3, 0.4) is 0 Å². The van der Waals surface area contributed by atoms with Gasteiger partial charge in [-0.05, 0) is 50.2 Å². The highest BCUT2D eigenvalue weighted by atomic mass is 35.5. The summed E-state index contributed by atoms with van der Waals surface area (Å²) in [6.07, 6.45) is 0. The van der Waals surface area contributed by atoms with Gasteiger partial charge in [0.2, 0.25) is 11.8 Å². The van der Waals surface area contributed by atoms with Gasteiger partial charge in [-0.1, -0.05) is 23.7 Å². The number of anilines is 3. The number of nitrogens with zero attached hydrogens (tertiary/aromatic N) is 3. The predicted octanol–water partition coefficient (Wildman–Crippen LogP) is 3.38. The Balaban J connectivity index is 1.39. The number of hydrogen-bond acceptors (Lipinski definition) is 5. The van der Waals surface area contributed by atoms with E-state index in [1.807, 2.05) is 36.4 Å². The lowest BCUT2D eigenvalue weighted by molar-refractivity contribution is -0.120. The Bertz CT molecular complexity index is 894. The van der Waals surface area contributed by atoms with Crippen molar-refractivity contribution in [2.45, 2.75) is 13.8 Å². The molecule has 32 heavy (non-hydrogen) atoms. The van der Waals surface area contributed by atoms with Crippen molar-refractivity contribution < 1.29 is 9.59 Å². The topological polar surface area (TPSA) is 67.9 Å². The van der Waals surface area contributed by atoms with Crippen molar-refractivity contribution in [1.82, 2.24) is 9.80 Å². The second kappa shape index (κ2) is 11.9. The molecule has 8 heteroatoms. The minimum atomic E-state index is -0.0857. The Morgan fingerprint density at radius 1 is 0.844 bits per heavy atom. The molecule has 1 aliphatic heterocycles. The van der Waals surface area contributed by atoms with E-state index in [4.69, 9.17) is 11.6 Å². The van der Waals surface area contributed by atoms with E-state index in [1.165, 1.54) is 0 Å². The Labute approximate surface area is 195 Å². The van der Waals surface area contributed by atoms with Gasteiger partial charge in [0.25, 0.3) is 0 Å². The smallest absolute Gasteiger partial charge is 0.238 e. The lowest BCUT2D eigenvalue weighted by Gasteiger charge is -2.33. The molecule has 1 heterocycles. The summed E-state index contributed by atoms with van der Waals surface area (Å²) in [6, 6.07) is 15.2. The van der Waals surface area contributed by atoms with E-state index in [-0.39, 0.29) is 11.8 Å². The van der Waals surface area contributed by atoms with Crippen LogP contribution in [0.4, 0.5) is 17.1 Å². The molecule has 0 saturated carbocycles. The van der Waals surface area contributed by atoms with E-state index >= 15 is 0 Å². The number of halogens is 1. The minimum absolute atomic E-state index is 0.0227. The molecule has 2 aromatic carbocycles. The van der Waals surface area contributed by atoms with Gasteiger partial charge in [-0.3, -0.25) is 19.4 Å². The van der Waals surface area contributed by atoms with E-state index in [2.05, 4.69) is 39.2 Å². The maximum absolute atomic E-state index is 12.5. The number of piperazine rings is 1. The maximum Gasteiger partial charge on any atom is 0.238 e. The third-order valence-corrected chi connectivity index (χ3v) is 5.96. The normalized spacial score (nSPS) is 14.7. The number of carbonyl (C=O) groups is 2. The van der Waals surface area contributed by atoms with Crippen LogP contribution in [0.25, 0.3) is 0 Å². The molecular formula is C24H32ClN5O2. The third-order valence-electron chi connectivity index (χ3n) is 5.63. The second-order valence-electron chi connectivity index (χ2n) is 7.85. The molecule has 1 saturated heterocycles. The van der Waals surface area contributed by atoms with Gasteiger partial charge < -0.3 is 15.5 Å². The molecule has 0 unspecified atom stereocenters. The summed E-state index contributed by atoms with van der Waals surface area (Å²) in [5.74, 6) is -0.108. The molecule has 0 aromatic heterocycles. The first-order chi connectivity index (χ1) is 15.5. The molecule has 1 aliphatic rings. The Morgan fingerprint density at radius 2 is 1.38 bits per heavy atom. The number of amides is 2. The van der Waals surface area contributed by atoms with Gasteiger partial charge in [-0.2, -0.15) is 0 Å². The van der Waals surface area contributed by atoms with E-state index in [0.717, 1.165) is 50.6 Å². The summed E-state index contributed by atoms with van der Waals surface area (Å²) >= 11 is 6.10. The number of benzene rings is 2. The number of nitrogens with one attached hydrogen (secondary N) is 2. The molecule has 0 bridgehead atoms. The average Bonchev–Trinajstić information content (AvgIpc) is 2.78. The van der Waals surface area contributed by atoms with Gasteiger partial charge in [0.15, 0.2) is 0 Å². The Hall–Kier alpha value is -2.61. The monoisotopic (exact) mass is 457 g/mol. The summed E-state index contributed by atoms with van der Waals surface area (Å²) in [6.45, 7) is 9.78. The van der Waals surface area contributed by atoms with Crippen LogP contribution in [0.1, 0.15) is 13.8 Å². The first-order valence-electron chi connectivity index (χ1n) is 11.1. The zero-order valence-corrected chi connectivity index (χ0v) is 19.6. The highest BCUT2D eigenvalue weighted by Gasteiger charge is 2.21. The summed E-state index contributed by atoms with van der Waals surface area (Å²) in [5.41, 5.74) is 2.59. The van der Waals surface area contributed by atoms with Crippen molar-refractivity contribution in [2.75, 3.05) is 67.9 Å². The van der Waals surface area contributed by atoms with Crippen molar-refractivity contribution in [3.05, 3.63) is 53.6 Å². The molecule has 2 N–H and O–H groups in total. The highest BCUT2D eigenvalue weighted by Crippen LogP contribution is 2.20. The number of hydrogen-bond donors (Lipinski definition) is 2. The first kappa shape index (κ1) is 24.0. The molecule has 1 fully saturated rings. The second-order valence-corrected chi connectivity index (χ2v) is 8.25. The molecule has 172 valence electrons. The molecule has 0 spiro atoms. The highest BCUT2D eigenvalue weighted by molar-refractivity contribution is 6.33. The van der Waals surface area contributed by atoms with Crippen LogP contribution < -0.4 is 15.5 Å². The van der Waals surface area contributed by atoms with Gasteiger partial charge in [0, 0.05) is 50.6 Å². The Kier molecular flexibility index (Phi) is 8.90. The fourth-order valence-electron chi connectivity index (χ4n) is 3.81. The predicted molar refractivity (Wildman–Crippen MR) is 132 cm³/mol. The Morgan fingerprint density at radius 3 is 1.91 bits per heavy atom. The van der Waals surface area contributed by atoms with Gasteiger partial charge >= 0.3 is 0 Å². The molecule has 7 nitrogen and oxygen atoms in total. The number of carbonyl (C=O) groups excluding carboxylic acids is 2. The lowest BCUT2D eigenvalue weighted by atomic mass is 10.2. The summed E-state index contributed by atoms with van der Waals surface area (Å²) < 4.78 is 0. The van der Waals surface area contributed by atoms with Crippen LogP contribution in [-0.4, -0.2) is 74.0 Å². The van der Waals surface area contributed by atoms with Gasteiger partial charge in [-0.15, -0.1) is 0 Å². The zero-order chi connectivity index (χ0) is 22.9. The van der Waals surface area contributed by atoms with Gasteiger partial charge in [0.1, 0.15) is 0 Å². The molecule has 2 amide bonds. The van der Waals surface area contributed by atoms with Crippen LogP contribution in [0.15, 0.2) is 48.5 Å². The molecule has 0 atom stereocenters. The van der Waals surface area contributed by atoms with E-state index in [1.54, 1.807) is 12.1 Å². The van der Waals surface area contributed by atoms with E-state index < -0.39 is 0 Å². The number of para-hydroxylation sites is 1. The SMILES string of the molecule is CCN(CC)c1ccc(NC(=O)CN2CCN(CC(=O)Nc3ccccc3Cl)CC2)cc1. The third kappa shape index (κ3) is 6.95. The molecule has 2 aromatic rings. The largest absolute Gasteiger partial charge is 0.372 e. The average molecular weight is 458 g/mol. The van der Waals surface area contributed by atoms with E-state index in [9.17, 15) is 9.59 Å². The molecule has 0 aliphatic carbocycles. The van der Waals surface area contributed by atoms with Crippen LogP contribution in [0.2, 0.25) is 5.02 Å². The summed E-state index contributed by atoms with van der Waals surface area (Å²) in [4.78, 5) is 31.2. The summed E-state index contributed by atoms with van der Waals surface area (Å²) in [5, 5.41) is 6.36. The first-order valence-corrected chi connectivity index (χ1v) is 11.5. The lowest BCUT2D eigenvalue weighted by Crippen LogP contribution is -2.50. The van der Waals surface area contributed by atoms with Crippen LogP contribution in [-0.2, 0) is 9.59 Å². The molecule has 0 radical (unpaired) electrons. The van der Waals surface area contributed by atoms with Gasteiger partial charge in [-0.25, -0.2) is 0 Å². The standard InChI is InChI=1S/C24H32ClN5O2/c1-3-30(4-2)20-11-9-19(10-12-20)26-23(31)17-28-13-15-29(16-14-28)18-24(32)27-22-8-6-5-7-21(22)25/h5-12H,3-4,13-18H2,1-2H3,(H,26,31)(H,27,32). The fourth-order valence-corrected chi connectivity index (χ4v) is 3.99.